The maximum absolute atomic E-state index is 13.1. The van der Waals surface area contributed by atoms with Crippen molar-refractivity contribution in [3.05, 3.63) is 97.4 Å². The maximum atomic E-state index is 13.1. The molecule has 2 heterocycles. The van der Waals surface area contributed by atoms with Gasteiger partial charge in [-0.15, -0.1) is 11.3 Å². The van der Waals surface area contributed by atoms with Crippen LogP contribution < -0.4 is 10.7 Å². The summed E-state index contributed by atoms with van der Waals surface area (Å²) in [7, 11) is 0. The number of amides is 1. The van der Waals surface area contributed by atoms with Gasteiger partial charge >= 0.3 is 0 Å². The van der Waals surface area contributed by atoms with Gasteiger partial charge in [0.05, 0.1) is 16.1 Å². The largest absolute Gasteiger partial charge is 0.305 e. The van der Waals surface area contributed by atoms with Crippen LogP contribution >= 0.6 is 27.3 Å². The van der Waals surface area contributed by atoms with Crippen molar-refractivity contribution in [2.45, 2.75) is 6.92 Å². The van der Waals surface area contributed by atoms with E-state index in [0.29, 0.717) is 22.0 Å². The van der Waals surface area contributed by atoms with Crippen LogP contribution in [0.1, 0.15) is 15.4 Å². The Hall–Kier alpha value is -3.03. The van der Waals surface area contributed by atoms with Crippen LogP contribution in [0.3, 0.4) is 0 Å². The van der Waals surface area contributed by atoms with Crippen molar-refractivity contribution in [2.75, 3.05) is 5.32 Å². The third kappa shape index (κ3) is 3.92. The number of carbonyl (C=O) groups excluding carboxylic acids is 1. The van der Waals surface area contributed by atoms with E-state index in [0.717, 1.165) is 15.7 Å². The lowest BCUT2D eigenvalue weighted by atomic mass is 10.1. The van der Waals surface area contributed by atoms with Crippen LogP contribution in [-0.4, -0.2) is 15.7 Å². The Labute approximate surface area is 179 Å². The minimum atomic E-state index is -0.284. The van der Waals surface area contributed by atoms with Crippen LogP contribution in [-0.2, 0) is 0 Å². The summed E-state index contributed by atoms with van der Waals surface area (Å²) in [5.74, 6) is 0.0561. The van der Waals surface area contributed by atoms with Crippen LogP contribution in [0, 0.1) is 6.92 Å². The molecule has 1 amide bonds. The van der Waals surface area contributed by atoms with E-state index < -0.39 is 0 Å². The van der Waals surface area contributed by atoms with Gasteiger partial charge in [0, 0.05) is 4.47 Å². The Morgan fingerprint density at radius 2 is 1.76 bits per heavy atom. The molecular weight excluding hydrogens is 450 g/mol. The molecule has 2 aromatic heterocycles. The van der Waals surface area contributed by atoms with E-state index in [1.54, 1.807) is 17.7 Å². The first-order chi connectivity index (χ1) is 14.0. The fraction of sp³-hybridized carbons (Fsp3) is 0.0455. The zero-order chi connectivity index (χ0) is 20.4. The highest BCUT2D eigenvalue weighted by Gasteiger charge is 2.21. The fourth-order valence-electron chi connectivity index (χ4n) is 2.97. The number of hydrogen-bond donors (Lipinski definition) is 1. The summed E-state index contributed by atoms with van der Waals surface area (Å²) in [6, 6.07) is 20.4. The number of anilines is 1. The summed E-state index contributed by atoms with van der Waals surface area (Å²) in [6.07, 6.45) is 0. The Kier molecular flexibility index (Phi) is 5.42. The van der Waals surface area contributed by atoms with Crippen LogP contribution in [0.2, 0.25) is 0 Å². The normalized spacial score (nSPS) is 10.7. The lowest BCUT2D eigenvalue weighted by molar-refractivity contribution is 0.102. The molecule has 0 aliphatic heterocycles. The molecule has 0 radical (unpaired) electrons. The van der Waals surface area contributed by atoms with Gasteiger partial charge < -0.3 is 5.32 Å². The van der Waals surface area contributed by atoms with Crippen molar-refractivity contribution in [1.29, 1.82) is 0 Å². The van der Waals surface area contributed by atoms with E-state index in [1.807, 2.05) is 66.0 Å². The van der Waals surface area contributed by atoms with Gasteiger partial charge in [0.1, 0.15) is 11.5 Å². The van der Waals surface area contributed by atoms with Gasteiger partial charge in [-0.1, -0.05) is 52.3 Å². The van der Waals surface area contributed by atoms with Gasteiger partial charge in [-0.2, -0.15) is 5.10 Å². The first-order valence-corrected chi connectivity index (χ1v) is 10.5. The number of nitrogens with zero attached hydrogens (tertiary/aromatic N) is 2. The van der Waals surface area contributed by atoms with Crippen LogP contribution in [0.4, 0.5) is 5.82 Å². The lowest BCUT2D eigenvalue weighted by Gasteiger charge is -2.18. The lowest BCUT2D eigenvalue weighted by Crippen LogP contribution is -2.24. The van der Waals surface area contributed by atoms with E-state index in [4.69, 9.17) is 0 Å². The van der Waals surface area contributed by atoms with Gasteiger partial charge in [0.15, 0.2) is 0 Å². The summed E-state index contributed by atoms with van der Waals surface area (Å²) < 4.78 is 2.53. The van der Waals surface area contributed by atoms with Crippen molar-refractivity contribution in [3.63, 3.8) is 0 Å². The molecule has 7 heteroatoms. The molecular formula is C22H16BrN3O2S. The van der Waals surface area contributed by atoms with Crippen LogP contribution in [0.5, 0.6) is 0 Å². The number of aryl methyl sites for hydroxylation is 1. The number of carbonyl (C=O) groups is 1. The highest BCUT2D eigenvalue weighted by molar-refractivity contribution is 9.10. The van der Waals surface area contributed by atoms with E-state index >= 15 is 0 Å². The molecule has 5 nitrogen and oxygen atoms in total. The van der Waals surface area contributed by atoms with E-state index in [9.17, 15) is 9.59 Å². The molecule has 0 saturated carbocycles. The second-order valence-corrected chi connectivity index (χ2v) is 8.19. The number of hydrogen-bond acceptors (Lipinski definition) is 4. The third-order valence-electron chi connectivity index (χ3n) is 4.36. The second kappa shape index (κ2) is 8.14. The van der Waals surface area contributed by atoms with Crippen molar-refractivity contribution < 1.29 is 4.79 Å². The molecule has 0 fully saturated rings. The summed E-state index contributed by atoms with van der Waals surface area (Å²) in [4.78, 5) is 26.5. The Morgan fingerprint density at radius 3 is 2.41 bits per heavy atom. The van der Waals surface area contributed by atoms with E-state index in [2.05, 4.69) is 26.3 Å². The van der Waals surface area contributed by atoms with Crippen molar-refractivity contribution in [1.82, 2.24) is 9.78 Å². The monoisotopic (exact) mass is 465 g/mol. The van der Waals surface area contributed by atoms with Crippen molar-refractivity contribution in [3.8, 4) is 16.8 Å². The average molecular weight is 466 g/mol. The topological polar surface area (TPSA) is 64.0 Å². The molecule has 4 aromatic rings. The first kappa shape index (κ1) is 19.3. The van der Waals surface area contributed by atoms with Gasteiger partial charge in [0.25, 0.3) is 5.91 Å². The van der Waals surface area contributed by atoms with Gasteiger partial charge in [-0.3, -0.25) is 9.59 Å². The molecule has 0 aliphatic rings. The van der Waals surface area contributed by atoms with Crippen LogP contribution in [0.25, 0.3) is 16.8 Å². The van der Waals surface area contributed by atoms with Gasteiger partial charge in [0.2, 0.25) is 5.43 Å². The molecule has 0 unspecified atom stereocenters. The molecule has 0 spiro atoms. The number of nitrogens with one attached hydrogen (secondary N) is 1. The molecule has 0 bridgehead atoms. The summed E-state index contributed by atoms with van der Waals surface area (Å²) in [5.41, 5.74) is 1.99. The number of halogens is 1. The summed E-state index contributed by atoms with van der Waals surface area (Å²) >= 11 is 4.77. The number of aromatic nitrogens is 2. The fourth-order valence-corrected chi connectivity index (χ4v) is 3.86. The molecule has 4 rings (SSSR count). The number of thiophene rings is 1. The molecule has 0 atom stereocenters. The molecule has 1 N–H and O–H groups in total. The molecule has 2 aromatic carbocycles. The van der Waals surface area contributed by atoms with E-state index in [1.165, 1.54) is 11.3 Å². The number of rotatable bonds is 4. The number of benzene rings is 2. The van der Waals surface area contributed by atoms with Crippen molar-refractivity contribution >= 4 is 39.0 Å². The Balaban J connectivity index is 1.97. The highest BCUT2D eigenvalue weighted by Crippen LogP contribution is 2.28. The Morgan fingerprint density at radius 1 is 1.03 bits per heavy atom. The van der Waals surface area contributed by atoms with E-state index in [-0.39, 0.29) is 11.3 Å². The smallest absolute Gasteiger partial charge is 0.266 e. The average Bonchev–Trinajstić information content (AvgIpc) is 3.27. The maximum Gasteiger partial charge on any atom is 0.266 e. The molecule has 29 heavy (non-hydrogen) atoms. The second-order valence-electron chi connectivity index (χ2n) is 6.32. The van der Waals surface area contributed by atoms with Crippen LogP contribution in [0.15, 0.2) is 81.4 Å². The Bertz CT molecular complexity index is 1220. The SMILES string of the molecule is Cc1nn(-c2ccc(Br)cc2)c(NC(=O)c2cccs2)c(-c2ccccc2)c1=O. The van der Waals surface area contributed by atoms with Crippen molar-refractivity contribution in [2.24, 2.45) is 0 Å². The van der Waals surface area contributed by atoms with Gasteiger partial charge in [-0.25, -0.2) is 4.68 Å². The molecule has 0 saturated heterocycles. The zero-order valence-corrected chi connectivity index (χ0v) is 17.8. The molecule has 144 valence electrons. The third-order valence-corrected chi connectivity index (χ3v) is 5.76. The molecule has 0 aliphatic carbocycles. The first-order valence-electron chi connectivity index (χ1n) is 8.85. The summed E-state index contributed by atoms with van der Waals surface area (Å²) in [5, 5.41) is 9.23. The highest BCUT2D eigenvalue weighted by atomic mass is 79.9. The predicted octanol–water partition coefficient (Wildman–Crippen LogP) is 5.28. The van der Waals surface area contributed by atoms with Gasteiger partial charge in [-0.05, 0) is 48.2 Å². The predicted molar refractivity (Wildman–Crippen MR) is 120 cm³/mol. The minimum absolute atomic E-state index is 0.217. The minimum Gasteiger partial charge on any atom is -0.305 e. The quantitative estimate of drug-likeness (QED) is 0.445. The zero-order valence-electron chi connectivity index (χ0n) is 15.4. The standard InChI is InChI=1S/C22H16BrN3O2S/c1-14-20(27)19(15-6-3-2-4-7-15)21(24-22(28)18-8-5-13-29-18)26(25-14)17-11-9-16(23)10-12-17/h2-13H,1H3,(H,24,28). The summed E-state index contributed by atoms with van der Waals surface area (Å²) in [6.45, 7) is 1.68.